The molecule has 0 aliphatic heterocycles. The first-order valence-corrected chi connectivity index (χ1v) is 43.0. The molecule has 17 N–H and O–H groups in total. The van der Waals surface area contributed by atoms with Gasteiger partial charge in [0.1, 0.15) is 5.82 Å². The van der Waals surface area contributed by atoms with Crippen LogP contribution in [0.2, 0.25) is 0 Å². The summed E-state index contributed by atoms with van der Waals surface area (Å²) in [6.45, 7) is 6.15. The molecule has 10 heterocycles. The second-order valence-corrected chi connectivity index (χ2v) is 34.2. The van der Waals surface area contributed by atoms with Crippen LogP contribution < -0.4 is 55.0 Å². The minimum absolute atomic E-state index is 0.0746. The summed E-state index contributed by atoms with van der Waals surface area (Å²) in [6.07, 6.45) is 12.6. The molecular formula is C75H80N24O9S7. The van der Waals surface area contributed by atoms with E-state index in [1.807, 2.05) is 111 Å². The Kier molecular flexibility index (Phi) is 28.2. The number of thiazole rings is 2. The largest absolute Gasteiger partial charge is 0.362 e. The number of hydrogen-bond donors (Lipinski definition) is 17. The number of hydrogen-bond acceptors (Lipinski definition) is 28. The molecule has 596 valence electrons. The summed E-state index contributed by atoms with van der Waals surface area (Å²) in [5, 5.41) is 58.0. The molecule has 16 aromatic rings. The highest BCUT2D eigenvalue weighted by Crippen LogP contribution is 2.41. The highest BCUT2D eigenvalue weighted by Gasteiger charge is 2.27. The smallest absolute Gasteiger partial charge is 0.271 e. The van der Waals surface area contributed by atoms with Gasteiger partial charge in [-0.15, -0.1) is 86.6 Å². The summed E-state index contributed by atoms with van der Waals surface area (Å²) in [5.41, 5.74) is 18.5. The number of thioether (sulfide) groups is 5. The zero-order chi connectivity index (χ0) is 79.1. The first-order chi connectivity index (χ1) is 56.3. The lowest BCUT2D eigenvalue weighted by atomic mass is 10.0. The van der Waals surface area contributed by atoms with Crippen LogP contribution in [-0.4, -0.2) is 152 Å². The van der Waals surface area contributed by atoms with Crippen LogP contribution in [0.5, 0.6) is 0 Å². The number of aryl methyl sites for hydroxylation is 2. The molecule has 6 aromatic carbocycles. The Morgan fingerprint density at radius 2 is 0.791 bits per heavy atom. The summed E-state index contributed by atoms with van der Waals surface area (Å²) in [7, 11) is 0. The van der Waals surface area contributed by atoms with Crippen molar-refractivity contribution in [1.29, 1.82) is 0 Å². The highest BCUT2D eigenvalue weighted by molar-refractivity contribution is 8.00. The standard InChI is InChI=1S/C22H23N5OS.C15H17N5O2S.2C13H14N4O2S2.C12H12N6O2S/c28-22-17-9-8-16(12-20(17)25-27-22)29-11-10-18(14-4-2-1-3-5-14)23-21-13-19(24-26-21)15-6-7-15;21-15-11-4-3-10(7-13(11)17-19-15)23-6-5-22-20-14-8-12(16-18-14)9-1-2-9;2*1-8-7-14-13(21-8)17-19-4-5-20-9-2-3-10-11(6-9)15-16-12(10)18;19-11-9-2-1-8(7-10(9)15-16-11)21-6-5-20-18-12-13-3-4-14-17-12/h1-5,8-9,12-13,15,18H,6-7,10-11H2,(H2,23,24,26)(H2,25,27,28);3-4,7-9H,1-2,5-6H2,(H2,16,18,20)(H2,17,19,21);2*2-3,6-7H,4-5H2,1H3,(H,14,17)(H2,15,16,18);1-4,7H,5-6H2,(H,13,17,18)(H2,15,16,19). The van der Waals surface area contributed by atoms with Gasteiger partial charge in [0.15, 0.2) is 5.82 Å². The van der Waals surface area contributed by atoms with Gasteiger partial charge >= 0.3 is 0 Å². The maximum Gasteiger partial charge on any atom is 0.271 e. The van der Waals surface area contributed by atoms with Crippen LogP contribution >= 0.6 is 81.5 Å². The van der Waals surface area contributed by atoms with Gasteiger partial charge in [0.25, 0.3) is 33.7 Å². The number of aromatic nitrogens is 19. The van der Waals surface area contributed by atoms with Gasteiger partial charge in [0.2, 0.25) is 10.3 Å². The Bertz CT molecular complexity index is 5940. The first kappa shape index (κ1) is 80.6. The van der Waals surface area contributed by atoms with E-state index in [2.05, 4.69) is 154 Å². The molecule has 0 bridgehead atoms. The minimum Gasteiger partial charge on any atom is -0.362 e. The van der Waals surface area contributed by atoms with Crippen molar-refractivity contribution < 1.29 is 19.4 Å². The third kappa shape index (κ3) is 23.6. The van der Waals surface area contributed by atoms with Crippen molar-refractivity contribution in [3.8, 4) is 0 Å². The van der Waals surface area contributed by atoms with Gasteiger partial charge in [0, 0.05) is 111 Å². The lowest BCUT2D eigenvalue weighted by molar-refractivity contribution is 0.209. The number of nitrogens with zero attached hydrogens (tertiary/aromatic N) is 7. The topological polar surface area (TPSA) is 462 Å². The summed E-state index contributed by atoms with van der Waals surface area (Å²) in [4.78, 5) is 98.6. The van der Waals surface area contributed by atoms with Gasteiger partial charge in [-0.05, 0) is 143 Å². The van der Waals surface area contributed by atoms with Crippen molar-refractivity contribution in [1.82, 2.24) is 96.5 Å². The molecule has 0 saturated heterocycles. The molecular weight excluding hydrogens is 1610 g/mol. The van der Waals surface area contributed by atoms with Crippen LogP contribution in [0.1, 0.15) is 76.7 Å². The fourth-order valence-corrected chi connectivity index (χ4v) is 16.6. The Hall–Kier alpha value is -11.1. The average molecular weight is 1690 g/mol. The number of nitrogens with one attached hydrogen (secondary N) is 17. The molecule has 115 heavy (non-hydrogen) atoms. The van der Waals surface area contributed by atoms with Crippen LogP contribution in [-0.2, 0) is 19.4 Å². The molecule has 0 radical (unpaired) electrons. The molecule has 10 aromatic heterocycles. The number of fused-ring (bicyclic) bond motifs is 5. The Morgan fingerprint density at radius 1 is 0.417 bits per heavy atom. The Labute approximate surface area is 682 Å². The quantitative estimate of drug-likeness (QED) is 0.0103. The molecule has 18 rings (SSSR count). The number of anilines is 5. The molecule has 2 aliphatic carbocycles. The van der Waals surface area contributed by atoms with Gasteiger partial charge in [-0.1, -0.05) is 30.3 Å². The summed E-state index contributed by atoms with van der Waals surface area (Å²) >= 11 is 11.5. The second kappa shape index (κ2) is 40.3. The van der Waals surface area contributed by atoms with Crippen LogP contribution in [0, 0.1) is 13.8 Å². The molecule has 0 spiro atoms. The van der Waals surface area contributed by atoms with Gasteiger partial charge in [0.05, 0.1) is 99.4 Å². The van der Waals surface area contributed by atoms with Gasteiger partial charge in [-0.25, -0.2) is 36.9 Å². The molecule has 2 aliphatic rings. The van der Waals surface area contributed by atoms with E-state index in [0.717, 1.165) is 119 Å². The van der Waals surface area contributed by atoms with Crippen LogP contribution in [0.15, 0.2) is 207 Å². The van der Waals surface area contributed by atoms with E-state index in [1.165, 1.54) is 55.0 Å². The molecule has 33 nitrogen and oxygen atoms in total. The van der Waals surface area contributed by atoms with Gasteiger partial charge < -0.3 is 5.32 Å². The zero-order valence-electron chi connectivity index (χ0n) is 61.8. The molecule has 2 fully saturated rings. The third-order valence-corrected chi connectivity index (χ3v) is 23.8. The third-order valence-electron chi connectivity index (χ3n) is 17.4. The Morgan fingerprint density at radius 3 is 1.17 bits per heavy atom. The molecule has 40 heteroatoms. The molecule has 0 amide bonds. The summed E-state index contributed by atoms with van der Waals surface area (Å²) in [5.74, 6) is 7.39. The fourth-order valence-electron chi connectivity index (χ4n) is 11.4. The molecule has 1 unspecified atom stereocenters. The van der Waals surface area contributed by atoms with Gasteiger partial charge in [-0.2, -0.15) is 15.3 Å². The van der Waals surface area contributed by atoms with Gasteiger partial charge in [-0.3, -0.25) is 105 Å². The number of rotatable bonds is 33. The number of benzene rings is 6. The SMILES string of the molecule is Cc1cnc(NOCCSc2ccc3c(=O)[nH][nH]c3c2)s1.Cc1cnc(NOCCSc2ccc3c(=O)[nH][nH]c3c2)s1.O=c1[nH][nH]c2cc(SCCC(Nc3cc(C4CC4)[nH]n3)c3ccccc3)ccc12.O=c1[nH][nH]c2cc(SCCONc3cc(C4CC4)[nH]n3)ccc12.O=c1[nH][nH]c2cc(SCCONc3nccnn3)ccc12. The van der Waals surface area contributed by atoms with E-state index in [1.54, 1.807) is 99.9 Å². The average Bonchev–Trinajstić information content (AvgIpc) is 1.67. The highest BCUT2D eigenvalue weighted by atomic mass is 32.2. The van der Waals surface area contributed by atoms with Crippen LogP contribution in [0.3, 0.4) is 0 Å². The maximum absolute atomic E-state index is 11.7. The second-order valence-electron chi connectivity index (χ2n) is 25.9. The van der Waals surface area contributed by atoms with Crippen molar-refractivity contribution in [2.45, 2.75) is 88.3 Å². The number of aromatic amines is 12. The van der Waals surface area contributed by atoms with Crippen molar-refractivity contribution in [3.63, 3.8) is 0 Å². The van der Waals surface area contributed by atoms with Crippen molar-refractivity contribution in [2.24, 2.45) is 0 Å². The van der Waals surface area contributed by atoms with E-state index in [-0.39, 0.29) is 33.8 Å². The lowest BCUT2D eigenvalue weighted by Gasteiger charge is -2.19. The van der Waals surface area contributed by atoms with E-state index >= 15 is 0 Å². The lowest BCUT2D eigenvalue weighted by Crippen LogP contribution is -2.12. The summed E-state index contributed by atoms with van der Waals surface area (Å²) in [6, 6.07) is 43.6. The predicted octanol–water partition coefficient (Wildman–Crippen LogP) is 14.1. The maximum atomic E-state index is 11.7. The van der Waals surface area contributed by atoms with E-state index in [4.69, 9.17) is 19.4 Å². The number of H-pyrrole nitrogens is 12. The fraction of sp³-hybridized carbons (Fsp3) is 0.253. The summed E-state index contributed by atoms with van der Waals surface area (Å²) < 4.78 is 0. The monoisotopic (exact) mass is 1680 g/mol. The minimum atomic E-state index is -0.106. The molecule has 2 saturated carbocycles. The van der Waals surface area contributed by atoms with E-state index < -0.39 is 0 Å². The van der Waals surface area contributed by atoms with Crippen molar-refractivity contribution in [3.05, 3.63) is 237 Å². The normalized spacial score (nSPS) is 12.7. The van der Waals surface area contributed by atoms with E-state index in [0.29, 0.717) is 71.1 Å². The predicted molar refractivity (Wildman–Crippen MR) is 459 cm³/mol. The van der Waals surface area contributed by atoms with Crippen molar-refractivity contribution in [2.75, 3.05) is 82.4 Å². The van der Waals surface area contributed by atoms with Crippen LogP contribution in [0.4, 0.5) is 27.8 Å². The van der Waals surface area contributed by atoms with Crippen LogP contribution in [0.25, 0.3) is 54.5 Å². The zero-order valence-corrected chi connectivity index (χ0v) is 67.5. The van der Waals surface area contributed by atoms with Crippen molar-refractivity contribution >= 4 is 164 Å². The first-order valence-electron chi connectivity index (χ1n) is 36.4. The molecule has 1 atom stereocenters. The Balaban J connectivity index is 0.000000119. The van der Waals surface area contributed by atoms with E-state index in [9.17, 15) is 24.0 Å².